The highest BCUT2D eigenvalue weighted by Crippen LogP contribution is 2.40. The third-order valence-corrected chi connectivity index (χ3v) is 4.47. The molecule has 1 atom stereocenters. The molecule has 25 heavy (non-hydrogen) atoms. The van der Waals surface area contributed by atoms with E-state index in [0.29, 0.717) is 22.3 Å². The molecule has 0 saturated heterocycles. The summed E-state index contributed by atoms with van der Waals surface area (Å²) in [4.78, 5) is 12.5. The first-order chi connectivity index (χ1) is 11.2. The average Bonchev–Trinajstić information content (AvgIpc) is 2.47. The van der Waals surface area contributed by atoms with E-state index in [1.807, 2.05) is 13.8 Å². The van der Waals surface area contributed by atoms with Gasteiger partial charge in [0.25, 0.3) is 5.91 Å². The van der Waals surface area contributed by atoms with Gasteiger partial charge in [0, 0.05) is 22.1 Å². The van der Waals surface area contributed by atoms with Crippen LogP contribution in [0.1, 0.15) is 42.2 Å². The minimum atomic E-state index is -0.569. The summed E-state index contributed by atoms with van der Waals surface area (Å²) in [5.74, 6) is -0.348. The maximum atomic E-state index is 14.0. The van der Waals surface area contributed by atoms with Gasteiger partial charge in [0.2, 0.25) is 0 Å². The lowest BCUT2D eigenvalue weighted by Gasteiger charge is -2.38. The summed E-state index contributed by atoms with van der Waals surface area (Å²) in [6, 6.07) is 9.40. The SMILES string of the molecule is CC1(C)CC(NC(=O)c2ccc(Br)cc2F)c2cc(N)ccc2O1.Cl. The van der Waals surface area contributed by atoms with Crippen molar-refractivity contribution >= 4 is 39.9 Å². The monoisotopic (exact) mass is 428 g/mol. The van der Waals surface area contributed by atoms with E-state index >= 15 is 0 Å². The van der Waals surface area contributed by atoms with Crippen LogP contribution in [0.2, 0.25) is 0 Å². The predicted octanol–water partition coefficient (Wildman–Crippen LogP) is 4.62. The summed E-state index contributed by atoms with van der Waals surface area (Å²) in [5, 5.41) is 2.90. The largest absolute Gasteiger partial charge is 0.487 e. The maximum absolute atomic E-state index is 14.0. The number of amides is 1. The number of hydrogen-bond donors (Lipinski definition) is 2. The molecular formula is C18H19BrClFN2O2. The highest BCUT2D eigenvalue weighted by atomic mass is 79.9. The Morgan fingerprint density at radius 2 is 2.04 bits per heavy atom. The topological polar surface area (TPSA) is 64.4 Å². The number of benzene rings is 2. The number of nitrogens with two attached hydrogens (primary N) is 1. The van der Waals surface area contributed by atoms with Crippen LogP contribution in [0.25, 0.3) is 0 Å². The Hall–Kier alpha value is -1.79. The van der Waals surface area contributed by atoms with E-state index in [4.69, 9.17) is 10.5 Å². The summed E-state index contributed by atoms with van der Waals surface area (Å²) in [7, 11) is 0. The van der Waals surface area contributed by atoms with Gasteiger partial charge in [0.15, 0.2) is 0 Å². The van der Waals surface area contributed by atoms with Crippen molar-refractivity contribution in [3.05, 3.63) is 57.8 Å². The summed E-state index contributed by atoms with van der Waals surface area (Å²) in [6.07, 6.45) is 0.563. The average molecular weight is 430 g/mol. The van der Waals surface area contributed by atoms with E-state index < -0.39 is 17.3 Å². The second-order valence-corrected chi connectivity index (χ2v) is 7.43. The Kier molecular flexibility index (Phi) is 5.64. The molecule has 0 fully saturated rings. The Labute approximate surface area is 160 Å². The predicted molar refractivity (Wildman–Crippen MR) is 102 cm³/mol. The number of carbonyl (C=O) groups is 1. The molecule has 1 amide bonds. The minimum Gasteiger partial charge on any atom is -0.487 e. The molecule has 0 radical (unpaired) electrons. The van der Waals surface area contributed by atoms with E-state index in [9.17, 15) is 9.18 Å². The first-order valence-corrected chi connectivity index (χ1v) is 8.39. The van der Waals surface area contributed by atoms with Gasteiger partial charge >= 0.3 is 0 Å². The Balaban J connectivity index is 0.00000225. The molecule has 1 unspecified atom stereocenters. The fourth-order valence-electron chi connectivity index (χ4n) is 2.91. The first-order valence-electron chi connectivity index (χ1n) is 7.59. The molecule has 0 aliphatic carbocycles. The van der Waals surface area contributed by atoms with Gasteiger partial charge in [-0.05, 0) is 50.2 Å². The fraction of sp³-hybridized carbons (Fsp3) is 0.278. The zero-order valence-corrected chi connectivity index (χ0v) is 16.2. The molecular weight excluding hydrogens is 411 g/mol. The lowest BCUT2D eigenvalue weighted by atomic mass is 9.89. The highest BCUT2D eigenvalue weighted by Gasteiger charge is 2.35. The van der Waals surface area contributed by atoms with Crippen molar-refractivity contribution in [1.82, 2.24) is 5.32 Å². The molecule has 1 aliphatic rings. The fourth-order valence-corrected chi connectivity index (χ4v) is 3.24. The van der Waals surface area contributed by atoms with Crippen LogP contribution in [0, 0.1) is 5.82 Å². The molecule has 0 bridgehead atoms. The van der Waals surface area contributed by atoms with Crippen LogP contribution in [0.15, 0.2) is 40.9 Å². The number of hydrogen-bond acceptors (Lipinski definition) is 3. The molecule has 1 aliphatic heterocycles. The Morgan fingerprint density at radius 3 is 2.72 bits per heavy atom. The van der Waals surface area contributed by atoms with Crippen molar-refractivity contribution < 1.29 is 13.9 Å². The molecule has 0 aromatic heterocycles. The minimum absolute atomic E-state index is 0. The number of nitrogen functional groups attached to an aromatic ring is 1. The summed E-state index contributed by atoms with van der Waals surface area (Å²) in [6.45, 7) is 3.90. The second kappa shape index (κ2) is 7.22. The Bertz CT molecular complexity index is 814. The highest BCUT2D eigenvalue weighted by molar-refractivity contribution is 9.10. The quantitative estimate of drug-likeness (QED) is 0.684. The number of fused-ring (bicyclic) bond motifs is 1. The third-order valence-electron chi connectivity index (χ3n) is 3.97. The zero-order chi connectivity index (χ0) is 17.5. The van der Waals surface area contributed by atoms with E-state index in [1.54, 1.807) is 24.3 Å². The second-order valence-electron chi connectivity index (χ2n) is 6.51. The van der Waals surface area contributed by atoms with Crippen LogP contribution >= 0.6 is 28.3 Å². The summed E-state index contributed by atoms with van der Waals surface area (Å²) in [5.41, 5.74) is 6.82. The number of halogens is 3. The van der Waals surface area contributed by atoms with Gasteiger partial charge in [-0.1, -0.05) is 15.9 Å². The van der Waals surface area contributed by atoms with Gasteiger partial charge in [-0.2, -0.15) is 0 Å². The molecule has 0 spiro atoms. The van der Waals surface area contributed by atoms with Gasteiger partial charge in [0.05, 0.1) is 11.6 Å². The van der Waals surface area contributed by atoms with E-state index in [2.05, 4.69) is 21.2 Å². The van der Waals surface area contributed by atoms with Gasteiger partial charge in [-0.3, -0.25) is 4.79 Å². The van der Waals surface area contributed by atoms with Crippen molar-refractivity contribution in [3.8, 4) is 5.75 Å². The number of anilines is 1. The molecule has 7 heteroatoms. The van der Waals surface area contributed by atoms with Crippen molar-refractivity contribution in [2.45, 2.75) is 31.9 Å². The lowest BCUT2D eigenvalue weighted by molar-refractivity contribution is 0.0619. The first kappa shape index (κ1) is 19.5. The lowest BCUT2D eigenvalue weighted by Crippen LogP contribution is -2.41. The van der Waals surface area contributed by atoms with Crippen molar-refractivity contribution in [2.24, 2.45) is 0 Å². The molecule has 0 saturated carbocycles. The molecule has 134 valence electrons. The molecule has 2 aromatic carbocycles. The Morgan fingerprint density at radius 1 is 1.32 bits per heavy atom. The van der Waals surface area contributed by atoms with Gasteiger partial charge in [-0.15, -0.1) is 12.4 Å². The van der Waals surface area contributed by atoms with Crippen LogP contribution in [0.5, 0.6) is 5.75 Å². The van der Waals surface area contributed by atoms with Crippen LogP contribution in [0.4, 0.5) is 10.1 Å². The molecule has 4 nitrogen and oxygen atoms in total. The molecule has 3 N–H and O–H groups in total. The zero-order valence-electron chi connectivity index (χ0n) is 13.8. The third kappa shape index (κ3) is 4.25. The number of nitrogens with one attached hydrogen (secondary N) is 1. The van der Waals surface area contributed by atoms with Crippen LogP contribution < -0.4 is 15.8 Å². The summed E-state index contributed by atoms with van der Waals surface area (Å²) >= 11 is 3.19. The molecule has 1 heterocycles. The maximum Gasteiger partial charge on any atom is 0.254 e. The summed E-state index contributed by atoms with van der Waals surface area (Å²) < 4.78 is 20.6. The van der Waals surface area contributed by atoms with Crippen molar-refractivity contribution in [1.29, 1.82) is 0 Å². The van der Waals surface area contributed by atoms with Crippen LogP contribution in [-0.4, -0.2) is 11.5 Å². The molecule has 3 rings (SSSR count). The molecule has 2 aromatic rings. The standard InChI is InChI=1S/C18H18BrFN2O2.ClH/c1-18(2)9-15(13-8-11(21)4-6-16(13)24-18)22-17(23)12-5-3-10(19)7-14(12)20;/h3-8,15H,9,21H2,1-2H3,(H,22,23);1H. The smallest absolute Gasteiger partial charge is 0.254 e. The van der Waals surface area contributed by atoms with Crippen molar-refractivity contribution in [2.75, 3.05) is 5.73 Å². The van der Waals surface area contributed by atoms with Gasteiger partial charge in [0.1, 0.15) is 17.2 Å². The number of ether oxygens (including phenoxy) is 1. The van der Waals surface area contributed by atoms with E-state index in [-0.39, 0.29) is 24.0 Å². The van der Waals surface area contributed by atoms with Crippen LogP contribution in [-0.2, 0) is 0 Å². The number of carbonyl (C=O) groups excluding carboxylic acids is 1. The van der Waals surface area contributed by atoms with Crippen LogP contribution in [0.3, 0.4) is 0 Å². The van der Waals surface area contributed by atoms with E-state index in [0.717, 1.165) is 5.56 Å². The number of rotatable bonds is 2. The van der Waals surface area contributed by atoms with Gasteiger partial charge in [-0.25, -0.2) is 4.39 Å². The van der Waals surface area contributed by atoms with Gasteiger partial charge < -0.3 is 15.8 Å². The van der Waals surface area contributed by atoms with Crippen molar-refractivity contribution in [3.63, 3.8) is 0 Å². The normalized spacial score (nSPS) is 17.7. The van der Waals surface area contributed by atoms with E-state index in [1.165, 1.54) is 12.1 Å².